The lowest BCUT2D eigenvalue weighted by Crippen LogP contribution is -2.31. The molecule has 0 unspecified atom stereocenters. The predicted octanol–water partition coefficient (Wildman–Crippen LogP) is 3.40. The van der Waals surface area contributed by atoms with E-state index in [0.717, 1.165) is 43.0 Å². The summed E-state index contributed by atoms with van der Waals surface area (Å²) in [5.74, 6) is 1.01. The van der Waals surface area contributed by atoms with Crippen molar-refractivity contribution in [3.05, 3.63) is 58.8 Å². The van der Waals surface area contributed by atoms with Gasteiger partial charge in [-0.15, -0.1) is 0 Å². The van der Waals surface area contributed by atoms with E-state index in [-0.39, 0.29) is 0 Å². The second-order valence-electron chi connectivity index (χ2n) is 5.71. The molecule has 0 aliphatic carbocycles. The molecule has 21 heavy (non-hydrogen) atoms. The summed E-state index contributed by atoms with van der Waals surface area (Å²) in [7, 11) is 0. The molecule has 110 valence electrons. The Hall–Kier alpha value is -1.87. The maximum Gasteiger partial charge on any atom is 0.129 e. The van der Waals surface area contributed by atoms with Gasteiger partial charge < -0.3 is 10.0 Å². The first-order valence-corrected chi connectivity index (χ1v) is 7.66. The first-order chi connectivity index (χ1) is 10.2. The molecule has 3 rings (SSSR count). The second-order valence-corrected chi connectivity index (χ2v) is 5.71. The van der Waals surface area contributed by atoms with Crippen molar-refractivity contribution >= 4 is 5.82 Å². The lowest BCUT2D eigenvalue weighted by atomic mass is 10.00. The van der Waals surface area contributed by atoms with E-state index < -0.39 is 6.10 Å². The Bertz CT molecular complexity index is 639. The molecule has 0 fully saturated rings. The molecule has 0 saturated carbocycles. The Balaban J connectivity index is 1.84. The van der Waals surface area contributed by atoms with Gasteiger partial charge in [-0.05, 0) is 37.0 Å². The third-order valence-corrected chi connectivity index (χ3v) is 4.31. The fraction of sp³-hybridized carbons (Fsp3) is 0.389. The summed E-state index contributed by atoms with van der Waals surface area (Å²) in [5, 5.41) is 9.99. The Labute approximate surface area is 126 Å². The smallest absolute Gasteiger partial charge is 0.129 e. The molecule has 0 radical (unpaired) electrons. The zero-order valence-electron chi connectivity index (χ0n) is 12.7. The Morgan fingerprint density at radius 1 is 1.19 bits per heavy atom. The second kappa shape index (κ2) is 5.86. The van der Waals surface area contributed by atoms with Crippen LogP contribution in [0.15, 0.2) is 36.4 Å². The first kappa shape index (κ1) is 14.1. The standard InChI is InChI=1S/C18H22N2O/c1-3-17(21)16-8-9-18(19-13(16)2)20-11-10-14-6-4-5-7-15(14)12-20/h4-9,17,21H,3,10-12H2,1-2H3/t17-/m1/s1. The van der Waals surface area contributed by atoms with E-state index in [2.05, 4.69) is 29.2 Å². The molecule has 2 heterocycles. The summed E-state index contributed by atoms with van der Waals surface area (Å²) < 4.78 is 0. The van der Waals surface area contributed by atoms with Crippen LogP contribution in [0.5, 0.6) is 0 Å². The number of rotatable bonds is 3. The number of benzene rings is 1. The Morgan fingerprint density at radius 2 is 1.95 bits per heavy atom. The van der Waals surface area contributed by atoms with Crippen LogP contribution >= 0.6 is 0 Å². The molecule has 0 bridgehead atoms. The molecular formula is C18H22N2O. The largest absolute Gasteiger partial charge is 0.388 e. The van der Waals surface area contributed by atoms with Crippen molar-refractivity contribution in [2.45, 2.75) is 39.3 Å². The maximum atomic E-state index is 9.99. The van der Waals surface area contributed by atoms with Crippen LogP contribution in [0.3, 0.4) is 0 Å². The highest BCUT2D eigenvalue weighted by Crippen LogP contribution is 2.26. The molecule has 0 spiro atoms. The van der Waals surface area contributed by atoms with E-state index in [1.54, 1.807) is 0 Å². The molecule has 0 saturated heterocycles. The lowest BCUT2D eigenvalue weighted by Gasteiger charge is -2.30. The van der Waals surface area contributed by atoms with Gasteiger partial charge in [0.05, 0.1) is 6.10 Å². The van der Waals surface area contributed by atoms with Gasteiger partial charge in [0, 0.05) is 24.3 Å². The number of aromatic nitrogens is 1. The van der Waals surface area contributed by atoms with Gasteiger partial charge in [0.15, 0.2) is 0 Å². The van der Waals surface area contributed by atoms with Gasteiger partial charge in [-0.3, -0.25) is 0 Å². The highest BCUT2D eigenvalue weighted by atomic mass is 16.3. The van der Waals surface area contributed by atoms with Crippen LogP contribution < -0.4 is 4.90 Å². The maximum absolute atomic E-state index is 9.99. The number of aliphatic hydroxyl groups is 1. The number of hydrogen-bond acceptors (Lipinski definition) is 3. The van der Waals surface area contributed by atoms with Crippen molar-refractivity contribution in [1.82, 2.24) is 4.98 Å². The van der Waals surface area contributed by atoms with Crippen molar-refractivity contribution < 1.29 is 5.11 Å². The Morgan fingerprint density at radius 3 is 2.67 bits per heavy atom. The average Bonchev–Trinajstić information content (AvgIpc) is 2.53. The molecular weight excluding hydrogens is 260 g/mol. The molecule has 2 aromatic rings. The summed E-state index contributed by atoms with van der Waals surface area (Å²) in [4.78, 5) is 7.02. The minimum Gasteiger partial charge on any atom is -0.388 e. The van der Waals surface area contributed by atoms with Crippen LogP contribution in [0.25, 0.3) is 0 Å². The van der Waals surface area contributed by atoms with E-state index in [1.165, 1.54) is 11.1 Å². The topological polar surface area (TPSA) is 36.4 Å². The monoisotopic (exact) mass is 282 g/mol. The number of nitrogens with zero attached hydrogens (tertiary/aromatic N) is 2. The molecule has 3 heteroatoms. The van der Waals surface area contributed by atoms with Crippen LogP contribution in [0.4, 0.5) is 5.82 Å². The fourth-order valence-corrected chi connectivity index (χ4v) is 3.00. The van der Waals surface area contributed by atoms with E-state index in [9.17, 15) is 5.11 Å². The van der Waals surface area contributed by atoms with Gasteiger partial charge in [-0.25, -0.2) is 4.98 Å². The third kappa shape index (κ3) is 2.79. The molecule has 3 nitrogen and oxygen atoms in total. The van der Waals surface area contributed by atoms with Crippen molar-refractivity contribution in [3.8, 4) is 0 Å². The molecule has 1 N–H and O–H groups in total. The summed E-state index contributed by atoms with van der Waals surface area (Å²) in [6.07, 6.45) is 1.38. The van der Waals surface area contributed by atoms with Gasteiger partial charge in [0.25, 0.3) is 0 Å². The number of anilines is 1. The van der Waals surface area contributed by atoms with Gasteiger partial charge in [0.2, 0.25) is 0 Å². The average molecular weight is 282 g/mol. The fourth-order valence-electron chi connectivity index (χ4n) is 3.00. The van der Waals surface area contributed by atoms with Crippen LogP contribution in [0, 0.1) is 6.92 Å². The zero-order valence-corrected chi connectivity index (χ0v) is 12.7. The molecule has 1 atom stereocenters. The highest BCUT2D eigenvalue weighted by molar-refractivity contribution is 5.46. The minimum absolute atomic E-state index is 0.409. The van der Waals surface area contributed by atoms with E-state index >= 15 is 0 Å². The van der Waals surface area contributed by atoms with Crippen molar-refractivity contribution in [3.63, 3.8) is 0 Å². The SMILES string of the molecule is CC[C@@H](O)c1ccc(N2CCc3ccccc3C2)nc1C. The summed E-state index contributed by atoms with van der Waals surface area (Å²) in [5.41, 5.74) is 4.71. The summed E-state index contributed by atoms with van der Waals surface area (Å²) in [6, 6.07) is 12.7. The minimum atomic E-state index is -0.409. The highest BCUT2D eigenvalue weighted by Gasteiger charge is 2.18. The summed E-state index contributed by atoms with van der Waals surface area (Å²) in [6.45, 7) is 5.88. The number of pyridine rings is 1. The van der Waals surface area contributed by atoms with Gasteiger partial charge in [0.1, 0.15) is 5.82 Å². The van der Waals surface area contributed by atoms with E-state index in [4.69, 9.17) is 4.98 Å². The van der Waals surface area contributed by atoms with Crippen LogP contribution in [0.2, 0.25) is 0 Å². The number of aryl methyl sites for hydroxylation is 1. The lowest BCUT2D eigenvalue weighted by molar-refractivity contribution is 0.172. The number of fused-ring (bicyclic) bond motifs is 1. The molecule has 0 amide bonds. The number of aliphatic hydroxyl groups excluding tert-OH is 1. The number of hydrogen-bond donors (Lipinski definition) is 1. The van der Waals surface area contributed by atoms with Crippen molar-refractivity contribution in [2.75, 3.05) is 11.4 Å². The molecule has 1 aliphatic heterocycles. The summed E-state index contributed by atoms with van der Waals surface area (Å²) >= 11 is 0. The molecule has 1 aliphatic rings. The van der Waals surface area contributed by atoms with Gasteiger partial charge >= 0.3 is 0 Å². The van der Waals surface area contributed by atoms with E-state index in [1.807, 2.05) is 26.0 Å². The Kier molecular flexibility index (Phi) is 3.93. The quantitative estimate of drug-likeness (QED) is 0.937. The van der Waals surface area contributed by atoms with Crippen LogP contribution in [-0.4, -0.2) is 16.6 Å². The van der Waals surface area contributed by atoms with Crippen molar-refractivity contribution in [1.29, 1.82) is 0 Å². The molecule has 1 aromatic carbocycles. The van der Waals surface area contributed by atoms with E-state index in [0.29, 0.717) is 0 Å². The zero-order chi connectivity index (χ0) is 14.8. The third-order valence-electron chi connectivity index (χ3n) is 4.31. The van der Waals surface area contributed by atoms with Gasteiger partial charge in [-0.1, -0.05) is 37.3 Å². The molecule has 1 aromatic heterocycles. The normalized spacial score (nSPS) is 15.7. The first-order valence-electron chi connectivity index (χ1n) is 7.66. The van der Waals surface area contributed by atoms with Crippen LogP contribution in [0.1, 0.15) is 41.8 Å². The van der Waals surface area contributed by atoms with Crippen LogP contribution in [-0.2, 0) is 13.0 Å². The predicted molar refractivity (Wildman–Crippen MR) is 85.4 cm³/mol. The van der Waals surface area contributed by atoms with Gasteiger partial charge in [-0.2, -0.15) is 0 Å². The van der Waals surface area contributed by atoms with Crippen molar-refractivity contribution in [2.24, 2.45) is 0 Å².